The van der Waals surface area contributed by atoms with Gasteiger partial charge in [-0.05, 0) is 35.9 Å². The molecule has 0 spiro atoms. The summed E-state index contributed by atoms with van der Waals surface area (Å²) in [5, 5.41) is 15.4. The third kappa shape index (κ3) is 3.47. The fourth-order valence-electron chi connectivity index (χ4n) is 3.36. The van der Waals surface area contributed by atoms with Gasteiger partial charge in [0.05, 0.1) is 23.1 Å². The topological polar surface area (TPSA) is 95.1 Å². The molecule has 29 heavy (non-hydrogen) atoms. The first-order valence-electron chi connectivity index (χ1n) is 8.98. The molecule has 0 bridgehead atoms. The number of benzene rings is 2. The normalized spacial score (nSPS) is 11.9. The number of hydrogen-bond acceptors (Lipinski definition) is 6. The van der Waals surface area contributed by atoms with E-state index in [1.165, 1.54) is 6.07 Å². The van der Waals surface area contributed by atoms with E-state index < -0.39 is 4.92 Å². The second-order valence-electron chi connectivity index (χ2n) is 6.54. The number of nitro groups is 1. The molecule has 0 aliphatic carbocycles. The van der Waals surface area contributed by atoms with Crippen molar-refractivity contribution < 1.29 is 9.66 Å². The molecule has 1 atom stereocenters. The van der Waals surface area contributed by atoms with Crippen molar-refractivity contribution in [3.63, 3.8) is 0 Å². The Hall–Kier alpha value is -3.94. The van der Waals surface area contributed by atoms with Gasteiger partial charge in [-0.3, -0.25) is 15.1 Å². The van der Waals surface area contributed by atoms with E-state index >= 15 is 0 Å². The number of pyridine rings is 1. The number of nitrogens with zero attached hydrogens (tertiary/aromatic N) is 4. The van der Waals surface area contributed by atoms with E-state index in [2.05, 4.69) is 15.3 Å². The predicted octanol–water partition coefficient (Wildman–Crippen LogP) is 4.09. The van der Waals surface area contributed by atoms with Gasteiger partial charge in [-0.15, -0.1) is 0 Å². The number of rotatable bonds is 6. The Bertz CT molecular complexity index is 1190. The van der Waals surface area contributed by atoms with Crippen LogP contribution in [0.25, 0.3) is 10.9 Å². The Morgan fingerprint density at radius 3 is 2.72 bits per heavy atom. The zero-order chi connectivity index (χ0) is 20.4. The molecule has 0 fully saturated rings. The van der Waals surface area contributed by atoms with E-state index in [9.17, 15) is 10.1 Å². The zero-order valence-corrected chi connectivity index (χ0v) is 15.9. The molecule has 8 nitrogen and oxygen atoms in total. The molecule has 146 valence electrons. The standard InChI is InChI=1S/C21H19N5O3/c1-25-12-11-23-21(25)19(14-5-3-6-15(13-14)29-2)24-17-8-9-18(26(27)28)16-7-4-10-22-20(16)17/h3-13,19,24H,1-2H3. The molecule has 8 heteroatoms. The Labute approximate surface area is 166 Å². The van der Waals surface area contributed by atoms with Gasteiger partial charge in [-0.25, -0.2) is 4.98 Å². The maximum absolute atomic E-state index is 11.4. The van der Waals surface area contributed by atoms with Crippen LogP contribution in [-0.2, 0) is 7.05 Å². The quantitative estimate of drug-likeness (QED) is 0.394. The van der Waals surface area contributed by atoms with Crippen molar-refractivity contribution in [2.75, 3.05) is 12.4 Å². The Balaban J connectivity index is 1.85. The summed E-state index contributed by atoms with van der Waals surface area (Å²) in [6, 6.07) is 14.0. The molecule has 4 aromatic rings. The first kappa shape index (κ1) is 18.4. The monoisotopic (exact) mass is 389 g/mol. The first-order chi connectivity index (χ1) is 14.1. The molecule has 1 unspecified atom stereocenters. The Morgan fingerprint density at radius 2 is 2.00 bits per heavy atom. The van der Waals surface area contributed by atoms with Gasteiger partial charge in [0.1, 0.15) is 23.1 Å². The second kappa shape index (κ2) is 7.59. The van der Waals surface area contributed by atoms with Crippen LogP contribution >= 0.6 is 0 Å². The number of aromatic nitrogens is 3. The van der Waals surface area contributed by atoms with E-state index in [0.717, 1.165) is 17.1 Å². The van der Waals surface area contributed by atoms with Crippen molar-refractivity contribution >= 4 is 22.3 Å². The molecule has 0 aliphatic rings. The minimum Gasteiger partial charge on any atom is -0.497 e. The van der Waals surface area contributed by atoms with E-state index in [0.29, 0.717) is 16.6 Å². The number of nitrogens with one attached hydrogen (secondary N) is 1. The number of anilines is 1. The molecule has 4 rings (SSSR count). The minimum absolute atomic E-state index is 0.0218. The highest BCUT2D eigenvalue weighted by Gasteiger charge is 2.22. The van der Waals surface area contributed by atoms with Crippen molar-refractivity contribution in [2.24, 2.45) is 7.05 Å². The maximum Gasteiger partial charge on any atom is 0.278 e. The molecule has 0 saturated heterocycles. The van der Waals surface area contributed by atoms with Crippen molar-refractivity contribution in [3.05, 3.63) is 88.6 Å². The third-order valence-electron chi connectivity index (χ3n) is 4.79. The van der Waals surface area contributed by atoms with Crippen molar-refractivity contribution in [3.8, 4) is 5.75 Å². The summed E-state index contributed by atoms with van der Waals surface area (Å²) in [6.07, 6.45) is 5.23. The minimum atomic E-state index is -0.397. The van der Waals surface area contributed by atoms with Crippen LogP contribution in [0, 0.1) is 10.1 Å². The predicted molar refractivity (Wildman–Crippen MR) is 110 cm³/mol. The highest BCUT2D eigenvalue weighted by molar-refractivity contribution is 5.96. The second-order valence-corrected chi connectivity index (χ2v) is 6.54. The SMILES string of the molecule is COc1cccc(C(Nc2ccc([N+](=O)[O-])c3cccnc23)c2nccn2C)c1. The summed E-state index contributed by atoms with van der Waals surface area (Å²) in [7, 11) is 3.54. The van der Waals surface area contributed by atoms with Crippen LogP contribution in [0.1, 0.15) is 17.4 Å². The van der Waals surface area contributed by atoms with Gasteiger partial charge < -0.3 is 14.6 Å². The van der Waals surface area contributed by atoms with Crippen LogP contribution in [0.5, 0.6) is 5.75 Å². The van der Waals surface area contributed by atoms with Crippen LogP contribution in [0.4, 0.5) is 11.4 Å². The summed E-state index contributed by atoms with van der Waals surface area (Å²) < 4.78 is 7.30. The average molecular weight is 389 g/mol. The van der Waals surface area contributed by atoms with E-state index in [-0.39, 0.29) is 11.7 Å². The molecule has 2 aromatic heterocycles. The molecular formula is C21H19N5O3. The van der Waals surface area contributed by atoms with Gasteiger partial charge in [0.25, 0.3) is 5.69 Å². The van der Waals surface area contributed by atoms with Crippen LogP contribution in [0.3, 0.4) is 0 Å². The zero-order valence-electron chi connectivity index (χ0n) is 15.9. The van der Waals surface area contributed by atoms with Gasteiger partial charge in [0, 0.05) is 31.7 Å². The van der Waals surface area contributed by atoms with Crippen LogP contribution in [0.2, 0.25) is 0 Å². The van der Waals surface area contributed by atoms with Gasteiger partial charge >= 0.3 is 0 Å². The smallest absolute Gasteiger partial charge is 0.278 e. The van der Waals surface area contributed by atoms with Gasteiger partial charge in [0.15, 0.2) is 0 Å². The van der Waals surface area contributed by atoms with Crippen molar-refractivity contribution in [1.82, 2.24) is 14.5 Å². The van der Waals surface area contributed by atoms with Crippen LogP contribution < -0.4 is 10.1 Å². The fourth-order valence-corrected chi connectivity index (χ4v) is 3.36. The summed E-state index contributed by atoms with van der Waals surface area (Å²) >= 11 is 0. The van der Waals surface area contributed by atoms with E-state index in [1.807, 2.05) is 42.1 Å². The number of imidazole rings is 1. The van der Waals surface area contributed by atoms with Crippen LogP contribution in [0.15, 0.2) is 67.1 Å². The van der Waals surface area contributed by atoms with Gasteiger partial charge in [-0.1, -0.05) is 12.1 Å². The Kier molecular flexibility index (Phi) is 4.82. The lowest BCUT2D eigenvalue weighted by molar-refractivity contribution is -0.383. The number of non-ortho nitro benzene ring substituents is 1. The Morgan fingerprint density at radius 1 is 1.14 bits per heavy atom. The summed E-state index contributed by atoms with van der Waals surface area (Å²) in [5.74, 6) is 1.52. The number of nitro benzene ring substituents is 1. The first-order valence-corrected chi connectivity index (χ1v) is 8.98. The lowest BCUT2D eigenvalue weighted by Crippen LogP contribution is -2.17. The van der Waals surface area contributed by atoms with E-state index in [4.69, 9.17) is 4.74 Å². The molecule has 2 aromatic carbocycles. The number of ether oxygens (including phenoxy) is 1. The average Bonchev–Trinajstić information content (AvgIpc) is 3.17. The maximum atomic E-state index is 11.4. The number of hydrogen-bond donors (Lipinski definition) is 1. The van der Waals surface area contributed by atoms with Crippen LogP contribution in [-0.4, -0.2) is 26.6 Å². The summed E-state index contributed by atoms with van der Waals surface area (Å²) in [4.78, 5) is 19.9. The number of aryl methyl sites for hydroxylation is 1. The lowest BCUT2D eigenvalue weighted by Gasteiger charge is -2.21. The third-order valence-corrected chi connectivity index (χ3v) is 4.79. The molecule has 2 heterocycles. The highest BCUT2D eigenvalue weighted by Crippen LogP contribution is 2.34. The molecule has 0 saturated carbocycles. The highest BCUT2D eigenvalue weighted by atomic mass is 16.6. The molecule has 1 N–H and O–H groups in total. The molecule has 0 aliphatic heterocycles. The van der Waals surface area contributed by atoms with Crippen molar-refractivity contribution in [2.45, 2.75) is 6.04 Å². The van der Waals surface area contributed by atoms with Crippen molar-refractivity contribution in [1.29, 1.82) is 0 Å². The molecular weight excluding hydrogens is 370 g/mol. The largest absolute Gasteiger partial charge is 0.497 e. The lowest BCUT2D eigenvalue weighted by atomic mass is 10.0. The van der Waals surface area contributed by atoms with E-state index in [1.54, 1.807) is 37.7 Å². The van der Waals surface area contributed by atoms with Gasteiger partial charge in [0.2, 0.25) is 0 Å². The van der Waals surface area contributed by atoms with Gasteiger partial charge in [-0.2, -0.15) is 0 Å². The number of methoxy groups -OCH3 is 1. The molecule has 0 amide bonds. The summed E-state index contributed by atoms with van der Waals surface area (Å²) in [6.45, 7) is 0. The number of fused-ring (bicyclic) bond motifs is 1. The summed E-state index contributed by atoms with van der Waals surface area (Å²) in [5.41, 5.74) is 2.18. The molecule has 0 radical (unpaired) electrons. The fraction of sp³-hybridized carbons (Fsp3) is 0.143.